The summed E-state index contributed by atoms with van der Waals surface area (Å²) in [5.41, 5.74) is 0.790. The summed E-state index contributed by atoms with van der Waals surface area (Å²) in [4.78, 5) is 12.9. The van der Waals surface area contributed by atoms with Crippen LogP contribution < -0.4 is 4.90 Å². The molecule has 0 spiro atoms. The van der Waals surface area contributed by atoms with Crippen molar-refractivity contribution in [2.45, 2.75) is 19.9 Å². The van der Waals surface area contributed by atoms with E-state index in [1.807, 2.05) is 26.0 Å². The molecule has 0 aliphatic rings. The van der Waals surface area contributed by atoms with Crippen molar-refractivity contribution >= 4 is 23.3 Å². The first-order chi connectivity index (χ1) is 9.47. The Kier molecular flexibility index (Phi) is 4.35. The van der Waals surface area contributed by atoms with E-state index in [0.29, 0.717) is 5.02 Å². The summed E-state index contributed by atoms with van der Waals surface area (Å²) < 4.78 is 5.59. The number of benzene rings is 1. The number of rotatable bonds is 5. The Morgan fingerprint density at radius 3 is 2.45 bits per heavy atom. The lowest BCUT2D eigenvalue weighted by Crippen LogP contribution is -2.32. The first-order valence-corrected chi connectivity index (χ1v) is 6.65. The largest absolute Gasteiger partial charge is 0.480 e. The lowest BCUT2D eigenvalue weighted by molar-refractivity contribution is -0.135. The molecule has 1 unspecified atom stereocenters. The van der Waals surface area contributed by atoms with E-state index in [1.165, 1.54) is 0 Å². The minimum atomic E-state index is -0.893. The van der Waals surface area contributed by atoms with E-state index in [4.69, 9.17) is 21.1 Å². The van der Waals surface area contributed by atoms with Crippen LogP contribution in [0.25, 0.3) is 0 Å². The molecule has 1 atom stereocenters. The molecule has 5 heteroatoms. The molecule has 2 aromatic rings. The van der Waals surface area contributed by atoms with Crippen LogP contribution in [0.5, 0.6) is 0 Å². The minimum absolute atomic E-state index is 0.109. The first-order valence-electron chi connectivity index (χ1n) is 6.27. The summed E-state index contributed by atoms with van der Waals surface area (Å²) in [6.45, 7) is 3.67. The van der Waals surface area contributed by atoms with Gasteiger partial charge in [-0.1, -0.05) is 11.6 Å². The average molecular weight is 294 g/mol. The van der Waals surface area contributed by atoms with E-state index < -0.39 is 5.97 Å². The van der Waals surface area contributed by atoms with Crippen molar-refractivity contribution in [3.8, 4) is 0 Å². The Morgan fingerprint density at radius 1 is 1.30 bits per heavy atom. The molecule has 0 saturated heterocycles. The molecule has 1 heterocycles. The van der Waals surface area contributed by atoms with E-state index in [0.717, 1.165) is 17.2 Å². The second-order valence-corrected chi connectivity index (χ2v) is 5.06. The van der Waals surface area contributed by atoms with Gasteiger partial charge in [-0.3, -0.25) is 4.79 Å². The van der Waals surface area contributed by atoms with Crippen molar-refractivity contribution in [1.29, 1.82) is 0 Å². The van der Waals surface area contributed by atoms with E-state index in [2.05, 4.69) is 0 Å². The molecular weight excluding hydrogens is 278 g/mol. The van der Waals surface area contributed by atoms with Crippen LogP contribution >= 0.6 is 11.6 Å². The van der Waals surface area contributed by atoms with Crippen LogP contribution in [-0.2, 0) is 4.79 Å². The van der Waals surface area contributed by atoms with Gasteiger partial charge in [-0.15, -0.1) is 0 Å². The number of aliphatic carboxylic acids is 1. The van der Waals surface area contributed by atoms with Gasteiger partial charge in [-0.2, -0.15) is 0 Å². The number of hydrogen-bond acceptors (Lipinski definition) is 3. The quantitative estimate of drug-likeness (QED) is 0.908. The number of halogens is 1. The lowest BCUT2D eigenvalue weighted by Gasteiger charge is -2.28. The summed E-state index contributed by atoms with van der Waals surface area (Å²) in [6.07, 6.45) is 0. The molecule has 0 aliphatic heterocycles. The number of hydrogen-bond donors (Lipinski definition) is 1. The monoisotopic (exact) mass is 293 g/mol. The number of furan rings is 1. The Morgan fingerprint density at radius 2 is 1.95 bits per heavy atom. The van der Waals surface area contributed by atoms with Crippen LogP contribution in [0, 0.1) is 6.92 Å². The van der Waals surface area contributed by atoms with E-state index in [1.54, 1.807) is 29.2 Å². The smallest absolute Gasteiger partial charge is 0.323 e. The highest BCUT2D eigenvalue weighted by Gasteiger charge is 2.21. The number of aryl methyl sites for hydroxylation is 1. The van der Waals surface area contributed by atoms with E-state index in [9.17, 15) is 4.79 Å². The Bertz CT molecular complexity index is 591. The number of carbonyl (C=O) groups is 1. The highest BCUT2D eigenvalue weighted by atomic mass is 35.5. The molecule has 4 nitrogen and oxygen atoms in total. The third-order valence-electron chi connectivity index (χ3n) is 3.10. The van der Waals surface area contributed by atoms with E-state index in [-0.39, 0.29) is 12.6 Å². The number of nitrogens with zero attached hydrogens (tertiary/aromatic N) is 1. The van der Waals surface area contributed by atoms with Gasteiger partial charge < -0.3 is 14.4 Å². The fourth-order valence-electron chi connectivity index (χ4n) is 2.06. The highest BCUT2D eigenvalue weighted by Crippen LogP contribution is 2.28. The van der Waals surface area contributed by atoms with Gasteiger partial charge in [0.25, 0.3) is 0 Å². The maximum absolute atomic E-state index is 11.1. The summed E-state index contributed by atoms with van der Waals surface area (Å²) >= 11 is 5.87. The summed E-state index contributed by atoms with van der Waals surface area (Å²) in [6, 6.07) is 10.6. The third kappa shape index (κ3) is 3.33. The molecule has 20 heavy (non-hydrogen) atoms. The molecule has 106 valence electrons. The molecule has 1 aromatic carbocycles. The van der Waals surface area contributed by atoms with E-state index >= 15 is 0 Å². The molecule has 0 fully saturated rings. The summed E-state index contributed by atoms with van der Waals surface area (Å²) in [5, 5.41) is 9.72. The second kappa shape index (κ2) is 6.01. The lowest BCUT2D eigenvalue weighted by atomic mass is 10.2. The summed E-state index contributed by atoms with van der Waals surface area (Å²) in [7, 11) is 0. The zero-order chi connectivity index (χ0) is 14.7. The van der Waals surface area contributed by atoms with Crippen molar-refractivity contribution in [2.75, 3.05) is 11.4 Å². The number of carboxylic acid groups (broad SMARTS) is 1. The number of anilines is 1. The van der Waals surface area contributed by atoms with Gasteiger partial charge in [0.1, 0.15) is 18.1 Å². The van der Waals surface area contributed by atoms with Crippen LogP contribution in [-0.4, -0.2) is 17.6 Å². The van der Waals surface area contributed by atoms with Gasteiger partial charge in [0, 0.05) is 10.7 Å². The van der Waals surface area contributed by atoms with Gasteiger partial charge in [-0.05, 0) is 50.2 Å². The van der Waals surface area contributed by atoms with Gasteiger partial charge in [0.05, 0.1) is 6.04 Å². The molecule has 0 amide bonds. The predicted octanol–water partition coefficient (Wildman–Crippen LogP) is 3.89. The normalized spacial score (nSPS) is 12.2. The van der Waals surface area contributed by atoms with Crippen LogP contribution in [0.4, 0.5) is 5.69 Å². The maximum Gasteiger partial charge on any atom is 0.323 e. The molecule has 1 aromatic heterocycles. The van der Waals surface area contributed by atoms with Crippen molar-refractivity contribution in [3.05, 3.63) is 52.9 Å². The fraction of sp³-hybridized carbons (Fsp3) is 0.267. The zero-order valence-corrected chi connectivity index (χ0v) is 12.1. The molecule has 0 radical (unpaired) electrons. The molecule has 2 rings (SSSR count). The average Bonchev–Trinajstić information content (AvgIpc) is 2.83. The van der Waals surface area contributed by atoms with Crippen molar-refractivity contribution < 1.29 is 14.3 Å². The fourth-order valence-corrected chi connectivity index (χ4v) is 2.19. The van der Waals surface area contributed by atoms with Crippen molar-refractivity contribution in [1.82, 2.24) is 0 Å². The van der Waals surface area contributed by atoms with Crippen molar-refractivity contribution in [2.24, 2.45) is 0 Å². The SMILES string of the molecule is Cc1ccc(C(C)N(CC(=O)O)c2ccc(Cl)cc2)o1. The first kappa shape index (κ1) is 14.5. The van der Waals surface area contributed by atoms with Crippen LogP contribution in [0.15, 0.2) is 40.8 Å². The molecule has 0 saturated carbocycles. The summed E-state index contributed by atoms with van der Waals surface area (Å²) in [5.74, 6) is 0.645. The van der Waals surface area contributed by atoms with Gasteiger partial charge in [0.2, 0.25) is 0 Å². The Labute approximate surface area is 122 Å². The van der Waals surface area contributed by atoms with Crippen LogP contribution in [0.2, 0.25) is 5.02 Å². The van der Waals surface area contributed by atoms with Gasteiger partial charge in [-0.25, -0.2) is 0 Å². The van der Waals surface area contributed by atoms with Crippen molar-refractivity contribution in [3.63, 3.8) is 0 Å². The molecule has 1 N–H and O–H groups in total. The Hall–Kier alpha value is -1.94. The minimum Gasteiger partial charge on any atom is -0.480 e. The highest BCUT2D eigenvalue weighted by molar-refractivity contribution is 6.30. The predicted molar refractivity (Wildman–Crippen MR) is 78.3 cm³/mol. The second-order valence-electron chi connectivity index (χ2n) is 4.62. The molecule has 0 aliphatic carbocycles. The number of carboxylic acids is 1. The molecule has 0 bridgehead atoms. The topological polar surface area (TPSA) is 53.7 Å². The van der Waals surface area contributed by atoms with Gasteiger partial charge >= 0.3 is 5.97 Å². The van der Waals surface area contributed by atoms with Gasteiger partial charge in [0.15, 0.2) is 0 Å². The Balaban J connectivity index is 2.31. The van der Waals surface area contributed by atoms with Crippen LogP contribution in [0.1, 0.15) is 24.5 Å². The standard InChI is InChI=1S/C15H16ClNO3/c1-10-3-8-14(20-10)11(2)17(9-15(18)19)13-6-4-12(16)5-7-13/h3-8,11H,9H2,1-2H3,(H,18,19). The third-order valence-corrected chi connectivity index (χ3v) is 3.36. The molecular formula is C15H16ClNO3. The maximum atomic E-state index is 11.1. The zero-order valence-electron chi connectivity index (χ0n) is 11.3. The van der Waals surface area contributed by atoms with Crippen LogP contribution in [0.3, 0.4) is 0 Å².